The van der Waals surface area contributed by atoms with Gasteiger partial charge in [-0.3, -0.25) is 9.59 Å². The third kappa shape index (κ3) is 4.25. The highest BCUT2D eigenvalue weighted by molar-refractivity contribution is 6.36. The fourth-order valence-electron chi connectivity index (χ4n) is 3.04. The number of hydrogen-bond donors (Lipinski definition) is 0. The Morgan fingerprint density at radius 3 is 2.04 bits per heavy atom. The molecule has 7 heteroatoms. The molecule has 0 unspecified atom stereocenters. The first-order valence-electron chi connectivity index (χ1n) is 8.72. The number of benzene rings is 2. The van der Waals surface area contributed by atoms with Crippen molar-refractivity contribution in [2.45, 2.75) is 13.3 Å². The summed E-state index contributed by atoms with van der Waals surface area (Å²) < 4.78 is 13.7. The summed E-state index contributed by atoms with van der Waals surface area (Å²) >= 11 is 11.7. The van der Waals surface area contributed by atoms with Crippen molar-refractivity contribution >= 4 is 35.0 Å². The molecule has 2 aromatic carbocycles. The molecule has 0 aromatic heterocycles. The molecule has 4 nitrogen and oxygen atoms in total. The van der Waals surface area contributed by atoms with E-state index in [9.17, 15) is 14.0 Å². The van der Waals surface area contributed by atoms with Crippen LogP contribution < -0.4 is 0 Å². The fraction of sp³-hybridized carbons (Fsp3) is 0.300. The van der Waals surface area contributed by atoms with Crippen LogP contribution in [0.25, 0.3) is 0 Å². The van der Waals surface area contributed by atoms with Crippen molar-refractivity contribution in [2.75, 3.05) is 26.2 Å². The number of halogens is 3. The number of amides is 2. The lowest BCUT2D eigenvalue weighted by Gasteiger charge is -2.35. The topological polar surface area (TPSA) is 40.6 Å². The molecule has 1 aliphatic heterocycles. The normalized spacial score (nSPS) is 14.4. The van der Waals surface area contributed by atoms with Gasteiger partial charge in [-0.25, -0.2) is 4.39 Å². The minimum absolute atomic E-state index is 0.0553. The fourth-order valence-corrected chi connectivity index (χ4v) is 3.50. The van der Waals surface area contributed by atoms with Crippen molar-refractivity contribution in [3.63, 3.8) is 0 Å². The van der Waals surface area contributed by atoms with Gasteiger partial charge in [0, 0.05) is 31.7 Å². The Kier molecular flexibility index (Phi) is 6.02. The molecule has 1 saturated heterocycles. The first kappa shape index (κ1) is 19.6. The summed E-state index contributed by atoms with van der Waals surface area (Å²) in [5, 5.41) is -0.0121. The van der Waals surface area contributed by atoms with E-state index in [1.807, 2.05) is 24.3 Å². The maximum Gasteiger partial charge on any atom is 0.255 e. The minimum atomic E-state index is -0.686. The van der Waals surface area contributed by atoms with Crippen molar-refractivity contribution in [3.8, 4) is 0 Å². The van der Waals surface area contributed by atoms with Gasteiger partial charge < -0.3 is 9.80 Å². The Balaban J connectivity index is 1.65. The van der Waals surface area contributed by atoms with E-state index < -0.39 is 5.82 Å². The van der Waals surface area contributed by atoms with E-state index in [0.29, 0.717) is 31.7 Å². The van der Waals surface area contributed by atoms with E-state index in [2.05, 4.69) is 6.92 Å². The van der Waals surface area contributed by atoms with Gasteiger partial charge >= 0.3 is 0 Å². The summed E-state index contributed by atoms with van der Waals surface area (Å²) in [5.41, 5.74) is 1.89. The van der Waals surface area contributed by atoms with Crippen LogP contribution in [0.4, 0.5) is 4.39 Å². The predicted octanol–water partition coefficient (Wildman–Crippen LogP) is 4.29. The highest BCUT2D eigenvalue weighted by atomic mass is 35.5. The van der Waals surface area contributed by atoms with Crippen LogP contribution in [0.1, 0.15) is 33.2 Å². The molecule has 3 rings (SSSR count). The van der Waals surface area contributed by atoms with Crippen LogP contribution in [-0.2, 0) is 6.42 Å². The second-order valence-corrected chi connectivity index (χ2v) is 7.20. The van der Waals surface area contributed by atoms with E-state index in [0.717, 1.165) is 12.5 Å². The van der Waals surface area contributed by atoms with Crippen molar-refractivity contribution < 1.29 is 14.0 Å². The number of carbonyl (C=O) groups excluding carboxylic acids is 2. The second kappa shape index (κ2) is 8.28. The Hall–Kier alpha value is -2.11. The predicted molar refractivity (Wildman–Crippen MR) is 104 cm³/mol. The zero-order valence-electron chi connectivity index (χ0n) is 14.8. The zero-order valence-corrected chi connectivity index (χ0v) is 16.4. The molecule has 27 heavy (non-hydrogen) atoms. The molecule has 0 radical (unpaired) electrons. The van der Waals surface area contributed by atoms with Gasteiger partial charge in [-0.2, -0.15) is 0 Å². The van der Waals surface area contributed by atoms with Gasteiger partial charge in [0.1, 0.15) is 5.82 Å². The maximum absolute atomic E-state index is 13.7. The third-order valence-electron chi connectivity index (χ3n) is 4.70. The van der Waals surface area contributed by atoms with Crippen LogP contribution >= 0.6 is 23.2 Å². The standard InChI is InChI=1S/C20H19Cl2FN2O2/c1-2-13-3-5-14(6-4-13)19(26)24-7-9-25(10-8-24)20(27)15-11-18(23)17(22)12-16(15)21/h3-6,11-12H,2,7-10H2,1H3. The largest absolute Gasteiger partial charge is 0.335 e. The van der Waals surface area contributed by atoms with Gasteiger partial charge in [0.2, 0.25) is 0 Å². The first-order chi connectivity index (χ1) is 12.9. The van der Waals surface area contributed by atoms with Crippen LogP contribution in [-0.4, -0.2) is 47.8 Å². The van der Waals surface area contributed by atoms with E-state index in [-0.39, 0.29) is 27.4 Å². The number of carbonyl (C=O) groups is 2. The van der Waals surface area contributed by atoms with E-state index >= 15 is 0 Å². The van der Waals surface area contributed by atoms with E-state index in [1.165, 1.54) is 11.6 Å². The van der Waals surface area contributed by atoms with Crippen LogP contribution in [0.15, 0.2) is 36.4 Å². The summed E-state index contributed by atoms with van der Waals surface area (Å²) in [6, 6.07) is 9.84. The number of hydrogen-bond acceptors (Lipinski definition) is 2. The van der Waals surface area contributed by atoms with Gasteiger partial charge in [0.15, 0.2) is 0 Å². The summed E-state index contributed by atoms with van der Waals surface area (Å²) in [6.07, 6.45) is 0.920. The Morgan fingerprint density at radius 1 is 0.926 bits per heavy atom. The Bertz CT molecular complexity index is 863. The molecule has 2 amide bonds. The highest BCUT2D eigenvalue weighted by Gasteiger charge is 2.27. The molecule has 1 aliphatic rings. The minimum Gasteiger partial charge on any atom is -0.335 e. The van der Waals surface area contributed by atoms with Crippen LogP contribution in [0.2, 0.25) is 10.0 Å². The summed E-state index contributed by atoms with van der Waals surface area (Å²) in [7, 11) is 0. The Labute approximate surface area is 167 Å². The van der Waals surface area contributed by atoms with E-state index in [1.54, 1.807) is 9.80 Å². The van der Waals surface area contributed by atoms with Crippen molar-refractivity contribution in [1.29, 1.82) is 0 Å². The number of rotatable bonds is 3. The van der Waals surface area contributed by atoms with Crippen molar-refractivity contribution in [1.82, 2.24) is 9.80 Å². The molecule has 0 atom stereocenters. The van der Waals surface area contributed by atoms with Crippen LogP contribution in [0.5, 0.6) is 0 Å². The number of aryl methyl sites for hydroxylation is 1. The molecule has 142 valence electrons. The monoisotopic (exact) mass is 408 g/mol. The lowest BCUT2D eigenvalue weighted by atomic mass is 10.1. The summed E-state index contributed by atoms with van der Waals surface area (Å²) in [5.74, 6) is -1.11. The second-order valence-electron chi connectivity index (χ2n) is 6.38. The molecular formula is C20H19Cl2FN2O2. The molecule has 1 fully saturated rings. The Morgan fingerprint density at radius 2 is 1.48 bits per heavy atom. The van der Waals surface area contributed by atoms with Gasteiger partial charge in [0.25, 0.3) is 11.8 Å². The zero-order chi connectivity index (χ0) is 19.6. The lowest BCUT2D eigenvalue weighted by molar-refractivity contribution is 0.0535. The first-order valence-corrected chi connectivity index (χ1v) is 9.48. The molecule has 0 spiro atoms. The van der Waals surface area contributed by atoms with Crippen molar-refractivity contribution in [3.05, 3.63) is 69.0 Å². The van der Waals surface area contributed by atoms with Crippen LogP contribution in [0, 0.1) is 5.82 Å². The van der Waals surface area contributed by atoms with Gasteiger partial charge in [-0.1, -0.05) is 42.3 Å². The molecule has 0 saturated carbocycles. The van der Waals surface area contributed by atoms with Crippen LogP contribution in [0.3, 0.4) is 0 Å². The maximum atomic E-state index is 13.7. The summed E-state index contributed by atoms with van der Waals surface area (Å²) in [4.78, 5) is 28.5. The molecule has 2 aromatic rings. The number of nitrogens with zero attached hydrogens (tertiary/aromatic N) is 2. The molecular weight excluding hydrogens is 390 g/mol. The van der Waals surface area contributed by atoms with Gasteiger partial charge in [0.05, 0.1) is 15.6 Å². The lowest BCUT2D eigenvalue weighted by Crippen LogP contribution is -2.50. The van der Waals surface area contributed by atoms with Gasteiger partial charge in [-0.05, 0) is 36.2 Å². The summed E-state index contributed by atoms with van der Waals surface area (Å²) in [6.45, 7) is 3.60. The third-order valence-corrected chi connectivity index (χ3v) is 5.31. The van der Waals surface area contributed by atoms with Gasteiger partial charge in [-0.15, -0.1) is 0 Å². The average molecular weight is 409 g/mol. The quantitative estimate of drug-likeness (QED) is 0.710. The highest BCUT2D eigenvalue weighted by Crippen LogP contribution is 2.26. The average Bonchev–Trinajstić information content (AvgIpc) is 2.70. The van der Waals surface area contributed by atoms with Crippen molar-refractivity contribution in [2.24, 2.45) is 0 Å². The smallest absolute Gasteiger partial charge is 0.255 e. The SMILES string of the molecule is CCc1ccc(C(=O)N2CCN(C(=O)c3cc(F)c(Cl)cc3Cl)CC2)cc1. The van der Waals surface area contributed by atoms with E-state index in [4.69, 9.17) is 23.2 Å². The molecule has 0 N–H and O–H groups in total. The molecule has 0 aliphatic carbocycles. The number of piperazine rings is 1. The molecule has 0 bridgehead atoms. The molecule has 1 heterocycles.